The van der Waals surface area contributed by atoms with Crippen molar-refractivity contribution in [2.24, 2.45) is 35.5 Å². The smallest absolute Gasteiger partial charge is 0.349 e. The summed E-state index contributed by atoms with van der Waals surface area (Å²) >= 11 is 0. The number of fused-ring (bicyclic) bond motifs is 6. The molecule has 3 aromatic rings. The van der Waals surface area contributed by atoms with Crippen LogP contribution in [0.3, 0.4) is 0 Å². The van der Waals surface area contributed by atoms with Crippen LogP contribution in [0.25, 0.3) is 0 Å². The molecule has 3 aliphatic heterocycles. The van der Waals surface area contributed by atoms with E-state index >= 15 is 4.39 Å². The molecule has 4 unspecified atom stereocenters. The third-order valence-corrected chi connectivity index (χ3v) is 20.3. The fraction of sp³-hybridized carbons (Fsp3) is 0.698. The number of aliphatic hydroxyl groups is 1. The molecule has 3 saturated heterocycles. The van der Waals surface area contributed by atoms with Gasteiger partial charge in [0.15, 0.2) is 5.60 Å². The van der Waals surface area contributed by atoms with E-state index in [0.717, 1.165) is 79.5 Å². The summed E-state index contributed by atoms with van der Waals surface area (Å²) < 4.78 is 73.0. The van der Waals surface area contributed by atoms with Crippen LogP contribution < -0.4 is 9.47 Å². The second-order valence-corrected chi connectivity index (χ2v) is 25.2. The van der Waals surface area contributed by atoms with Crippen molar-refractivity contribution in [1.29, 1.82) is 0 Å². The Morgan fingerprint density at radius 2 is 1.20 bits per heavy atom. The number of hydrogen-bond donors (Lipinski definition) is 1. The van der Waals surface area contributed by atoms with E-state index in [1.165, 1.54) is 153 Å². The Labute approximate surface area is 445 Å². The highest BCUT2D eigenvalue weighted by Gasteiger charge is 2.47. The second-order valence-electron chi connectivity index (χ2n) is 25.2. The summed E-state index contributed by atoms with van der Waals surface area (Å²) in [7, 11) is 1.52. The van der Waals surface area contributed by atoms with Crippen molar-refractivity contribution < 1.29 is 41.7 Å². The maximum Gasteiger partial charge on any atom is 0.349 e. The lowest BCUT2D eigenvalue weighted by atomic mass is 9.82. The van der Waals surface area contributed by atoms with Gasteiger partial charge >= 0.3 is 5.97 Å². The number of rotatable bonds is 11. The van der Waals surface area contributed by atoms with Crippen LogP contribution >= 0.6 is 0 Å². The van der Waals surface area contributed by atoms with E-state index in [2.05, 4.69) is 26.8 Å². The molecule has 6 aliphatic carbocycles. The zero-order valence-corrected chi connectivity index (χ0v) is 45.6. The van der Waals surface area contributed by atoms with Gasteiger partial charge in [-0.05, 0) is 214 Å². The van der Waals surface area contributed by atoms with E-state index in [0.29, 0.717) is 61.6 Å². The van der Waals surface area contributed by atoms with E-state index in [-0.39, 0.29) is 11.5 Å². The van der Waals surface area contributed by atoms with E-state index in [1.807, 2.05) is 19.1 Å². The lowest BCUT2D eigenvalue weighted by Crippen LogP contribution is -2.48. The monoisotopic (exact) mass is 1040 g/mol. The molecule has 12 rings (SSSR count). The molecule has 0 aromatic heterocycles. The molecule has 3 aromatic carbocycles. The summed E-state index contributed by atoms with van der Waals surface area (Å²) in [6.07, 6.45) is 23.6. The molecule has 9 fully saturated rings. The Kier molecular flexibility index (Phi) is 17.0. The highest BCUT2D eigenvalue weighted by molar-refractivity contribution is 5.79. The van der Waals surface area contributed by atoms with Gasteiger partial charge in [-0.15, -0.1) is 0 Å². The lowest BCUT2D eigenvalue weighted by Gasteiger charge is -2.43. The number of halogens is 4. The van der Waals surface area contributed by atoms with Crippen LogP contribution in [-0.2, 0) is 20.8 Å². The van der Waals surface area contributed by atoms with Crippen LogP contribution in [0.1, 0.15) is 172 Å². The van der Waals surface area contributed by atoms with Crippen molar-refractivity contribution >= 4 is 5.97 Å². The van der Waals surface area contributed by atoms with Gasteiger partial charge in [0.1, 0.15) is 34.6 Å². The fourth-order valence-electron chi connectivity index (χ4n) is 16.2. The Bertz CT molecular complexity index is 2400. The van der Waals surface area contributed by atoms with Crippen LogP contribution in [0, 0.1) is 53.0 Å². The Morgan fingerprint density at radius 3 is 1.81 bits per heavy atom. The van der Waals surface area contributed by atoms with Crippen molar-refractivity contribution in [3.05, 3.63) is 94.8 Å². The molecule has 3 heterocycles. The minimum absolute atomic E-state index is 0.251. The van der Waals surface area contributed by atoms with Gasteiger partial charge in [0, 0.05) is 61.5 Å². The van der Waals surface area contributed by atoms with E-state index < -0.39 is 34.3 Å². The largest absolute Gasteiger partial charge is 0.496 e. The first-order chi connectivity index (χ1) is 36.1. The van der Waals surface area contributed by atoms with E-state index in [4.69, 9.17) is 14.2 Å². The molecule has 6 saturated carbocycles. The standard InChI is InChI=1S/C24H35NO3.C21H29F2NO.C18H23F2NO/c1-4-27-23(26)24(2,3)28-22-8-6-5-7-20(22)18-11-13-25(14-12-18)21-16-17-9-10-19(21)15-17;1-25-20-7-5-17(22)14-19(20)21(23)8-10-24(11-9-21)18-6-4-15-2-3-16(12-15)13-18;19-14-3-4-15(16(20)11-14)18(22)5-7-21(8-6-18)17-10-12-1-2-13(17)9-12/h5-8,17-19,21H,4,9-16H2,1-3H3;5,7,14-16,18H,2-4,6,8-13H2,1H3;3-4,11-13,17,22H,1-2,5-10H2/t17-,19-,21-;;12-,13-,17?/m0.0/s1. The zero-order chi connectivity index (χ0) is 52.5. The van der Waals surface area contributed by atoms with E-state index in [1.54, 1.807) is 19.9 Å². The summed E-state index contributed by atoms with van der Waals surface area (Å²) in [4.78, 5) is 20.0. The lowest BCUT2D eigenvalue weighted by molar-refractivity contribution is -0.158. The van der Waals surface area contributed by atoms with Crippen LogP contribution in [0.4, 0.5) is 17.6 Å². The third-order valence-electron chi connectivity index (χ3n) is 20.3. The molecular weight excluding hydrogens is 955 g/mol. The molecular formula is C63H87F4N3O5. The molecule has 75 heavy (non-hydrogen) atoms. The van der Waals surface area contributed by atoms with Gasteiger partial charge in [0.05, 0.1) is 19.3 Å². The van der Waals surface area contributed by atoms with Crippen molar-refractivity contribution in [3.63, 3.8) is 0 Å². The van der Waals surface area contributed by atoms with Crippen LogP contribution in [-0.4, -0.2) is 102 Å². The first-order valence-electron chi connectivity index (χ1n) is 29.5. The number of hydrogen-bond acceptors (Lipinski definition) is 8. The number of carbonyl (C=O) groups is 1. The van der Waals surface area contributed by atoms with Crippen LogP contribution in [0.15, 0.2) is 60.7 Å². The first-order valence-corrected chi connectivity index (χ1v) is 29.5. The Hall–Kier alpha value is -3.71. The van der Waals surface area contributed by atoms with Gasteiger partial charge in [-0.3, -0.25) is 4.90 Å². The van der Waals surface area contributed by atoms with Gasteiger partial charge in [0.25, 0.3) is 0 Å². The highest BCUT2D eigenvalue weighted by Crippen LogP contribution is 2.50. The number of esters is 1. The summed E-state index contributed by atoms with van der Waals surface area (Å²) in [5.41, 5.74) is -1.72. The molecule has 412 valence electrons. The van der Waals surface area contributed by atoms with Crippen molar-refractivity contribution in [2.45, 2.75) is 190 Å². The summed E-state index contributed by atoms with van der Waals surface area (Å²) in [5.74, 6) is 5.41. The van der Waals surface area contributed by atoms with Gasteiger partial charge in [-0.1, -0.05) is 49.9 Å². The summed E-state index contributed by atoms with van der Waals surface area (Å²) in [5, 5.41) is 10.8. The second kappa shape index (κ2) is 23.3. The van der Waals surface area contributed by atoms with Gasteiger partial charge in [-0.2, -0.15) is 0 Å². The number of piperidine rings is 3. The molecule has 8 nitrogen and oxygen atoms in total. The number of carbonyl (C=O) groups excluding carboxylic acids is 1. The predicted octanol–water partition coefficient (Wildman–Crippen LogP) is 13.3. The van der Waals surface area contributed by atoms with Crippen molar-refractivity contribution in [3.8, 4) is 11.5 Å². The SMILES string of the molecule is CCOC(=O)C(C)(C)Oc1ccccc1C1CCN([C@H]2C[C@H]3CC[C@H]2C3)CC1.COc1ccc(F)cc1C1(F)CCN(C2CCC3CCC(C3)C2)CC1.OC1(c2ccc(F)cc2F)CCN(C2C[C@H]3CC[C@H]2C3)CC1. The molecule has 12 heteroatoms. The van der Waals surface area contributed by atoms with Crippen LogP contribution in [0.5, 0.6) is 11.5 Å². The van der Waals surface area contributed by atoms with Crippen LogP contribution in [0.2, 0.25) is 0 Å². The molecule has 0 radical (unpaired) electrons. The Morgan fingerprint density at radius 1 is 0.627 bits per heavy atom. The maximum absolute atomic E-state index is 15.6. The Balaban J connectivity index is 0.000000129. The number of nitrogens with zero attached hydrogens (tertiary/aromatic N) is 3. The van der Waals surface area contributed by atoms with Crippen molar-refractivity contribution in [1.82, 2.24) is 14.7 Å². The summed E-state index contributed by atoms with van der Waals surface area (Å²) in [6.45, 7) is 11.3. The quantitative estimate of drug-likeness (QED) is 0.150. The molecule has 0 spiro atoms. The fourth-order valence-corrected chi connectivity index (χ4v) is 16.2. The number of ether oxygens (including phenoxy) is 3. The summed E-state index contributed by atoms with van der Waals surface area (Å²) in [6, 6.07) is 18.1. The minimum atomic E-state index is -1.48. The highest BCUT2D eigenvalue weighted by atomic mass is 19.1. The number of methoxy groups -OCH3 is 1. The molecule has 1 N–H and O–H groups in total. The number of alkyl halides is 1. The molecule has 6 bridgehead atoms. The topological polar surface area (TPSA) is 74.7 Å². The average Bonchev–Trinajstić information content (AvgIpc) is 4.29. The molecule has 0 amide bonds. The normalized spacial score (nSPS) is 31.5. The molecule has 9 atom stereocenters. The van der Waals surface area contributed by atoms with E-state index in [9.17, 15) is 23.1 Å². The average molecular weight is 1040 g/mol. The van der Waals surface area contributed by atoms with Gasteiger partial charge < -0.3 is 29.1 Å². The van der Waals surface area contributed by atoms with Crippen molar-refractivity contribution in [2.75, 3.05) is 53.0 Å². The molecule has 9 aliphatic rings. The third kappa shape index (κ3) is 12.3. The zero-order valence-electron chi connectivity index (χ0n) is 45.6. The number of benzene rings is 3. The van der Waals surface area contributed by atoms with Gasteiger partial charge in [-0.25, -0.2) is 22.4 Å². The first kappa shape index (κ1) is 54.6. The number of para-hydroxylation sites is 1. The predicted molar refractivity (Wildman–Crippen MR) is 286 cm³/mol. The number of likely N-dealkylation sites (tertiary alicyclic amines) is 3. The minimum Gasteiger partial charge on any atom is -0.496 e. The van der Waals surface area contributed by atoms with Gasteiger partial charge in [0.2, 0.25) is 0 Å². The maximum atomic E-state index is 15.6.